The Balaban J connectivity index is 2.32. The first-order valence-electron chi connectivity index (χ1n) is 5.91. The predicted octanol–water partition coefficient (Wildman–Crippen LogP) is 3.45. The SMILES string of the molecule is CC(C)NCC/C=C/Cc1cc(F)cc(F)c1. The van der Waals surface area contributed by atoms with Crippen LogP contribution in [0.4, 0.5) is 8.78 Å². The highest BCUT2D eigenvalue weighted by Gasteiger charge is 1.98. The summed E-state index contributed by atoms with van der Waals surface area (Å²) in [6.45, 7) is 5.12. The van der Waals surface area contributed by atoms with Crippen LogP contribution in [-0.2, 0) is 6.42 Å². The average Bonchev–Trinajstić information content (AvgIpc) is 2.21. The molecule has 1 N–H and O–H groups in total. The molecular weight excluding hydrogens is 220 g/mol. The second-order valence-corrected chi connectivity index (χ2v) is 4.35. The number of halogens is 2. The van der Waals surface area contributed by atoms with Crippen LogP contribution in [0.25, 0.3) is 0 Å². The van der Waals surface area contributed by atoms with E-state index in [1.807, 2.05) is 12.2 Å². The lowest BCUT2D eigenvalue weighted by Gasteiger charge is -2.04. The molecule has 0 saturated carbocycles. The van der Waals surface area contributed by atoms with Gasteiger partial charge < -0.3 is 5.32 Å². The molecule has 0 aliphatic heterocycles. The monoisotopic (exact) mass is 239 g/mol. The van der Waals surface area contributed by atoms with Gasteiger partial charge in [-0.25, -0.2) is 8.78 Å². The highest BCUT2D eigenvalue weighted by Crippen LogP contribution is 2.08. The van der Waals surface area contributed by atoms with E-state index in [1.54, 1.807) is 0 Å². The molecule has 0 unspecified atom stereocenters. The summed E-state index contributed by atoms with van der Waals surface area (Å²) >= 11 is 0. The van der Waals surface area contributed by atoms with Gasteiger partial charge in [0.15, 0.2) is 0 Å². The van der Waals surface area contributed by atoms with Crippen molar-refractivity contribution in [2.45, 2.75) is 32.7 Å². The van der Waals surface area contributed by atoms with E-state index in [4.69, 9.17) is 0 Å². The number of hydrogen-bond donors (Lipinski definition) is 1. The topological polar surface area (TPSA) is 12.0 Å². The third-order valence-corrected chi connectivity index (χ3v) is 2.31. The molecule has 0 fully saturated rings. The van der Waals surface area contributed by atoms with Crippen molar-refractivity contribution in [2.24, 2.45) is 0 Å². The Hall–Kier alpha value is -1.22. The largest absolute Gasteiger partial charge is 0.314 e. The van der Waals surface area contributed by atoms with Crippen molar-refractivity contribution < 1.29 is 8.78 Å². The molecule has 1 aromatic rings. The molecule has 94 valence electrons. The molecule has 3 heteroatoms. The summed E-state index contributed by atoms with van der Waals surface area (Å²) in [6.07, 6.45) is 5.46. The van der Waals surface area contributed by atoms with Crippen LogP contribution < -0.4 is 5.32 Å². The van der Waals surface area contributed by atoms with Crippen molar-refractivity contribution in [1.82, 2.24) is 5.32 Å². The maximum Gasteiger partial charge on any atom is 0.126 e. The van der Waals surface area contributed by atoms with Crippen LogP contribution in [0.2, 0.25) is 0 Å². The molecule has 0 bridgehead atoms. The zero-order valence-electron chi connectivity index (χ0n) is 10.3. The quantitative estimate of drug-likeness (QED) is 0.592. The molecule has 0 aromatic heterocycles. The van der Waals surface area contributed by atoms with Gasteiger partial charge in [0.1, 0.15) is 11.6 Å². The lowest BCUT2D eigenvalue weighted by Crippen LogP contribution is -2.23. The summed E-state index contributed by atoms with van der Waals surface area (Å²) in [5.41, 5.74) is 0.663. The maximum atomic E-state index is 12.9. The fourth-order valence-corrected chi connectivity index (χ4v) is 1.52. The summed E-state index contributed by atoms with van der Waals surface area (Å²) in [5, 5.41) is 3.29. The first-order chi connectivity index (χ1) is 8.08. The maximum absolute atomic E-state index is 12.9. The van der Waals surface area contributed by atoms with E-state index in [-0.39, 0.29) is 0 Å². The lowest BCUT2D eigenvalue weighted by atomic mass is 10.1. The van der Waals surface area contributed by atoms with Crippen molar-refractivity contribution in [3.63, 3.8) is 0 Å². The Kier molecular flexibility index (Phi) is 5.84. The van der Waals surface area contributed by atoms with Gasteiger partial charge in [0.05, 0.1) is 0 Å². The standard InChI is InChI=1S/C14H19F2N/c1-11(2)17-7-5-3-4-6-12-8-13(15)10-14(16)9-12/h3-4,8-11,17H,5-7H2,1-2H3/b4-3+. The van der Waals surface area contributed by atoms with E-state index in [0.29, 0.717) is 18.0 Å². The summed E-state index contributed by atoms with van der Waals surface area (Å²) in [7, 11) is 0. The Morgan fingerprint density at radius 2 is 1.76 bits per heavy atom. The molecule has 0 saturated heterocycles. The smallest absolute Gasteiger partial charge is 0.126 e. The van der Waals surface area contributed by atoms with Gasteiger partial charge in [-0.05, 0) is 37.1 Å². The van der Waals surface area contributed by atoms with Gasteiger partial charge in [0.25, 0.3) is 0 Å². The van der Waals surface area contributed by atoms with Crippen molar-refractivity contribution in [2.75, 3.05) is 6.54 Å². The molecule has 0 aliphatic rings. The van der Waals surface area contributed by atoms with Crippen molar-refractivity contribution in [3.8, 4) is 0 Å². The predicted molar refractivity (Wildman–Crippen MR) is 67.0 cm³/mol. The molecule has 0 amide bonds. The van der Waals surface area contributed by atoms with Crippen LogP contribution in [0.3, 0.4) is 0 Å². The molecule has 1 nitrogen and oxygen atoms in total. The Bertz CT molecular complexity index is 352. The van der Waals surface area contributed by atoms with Crippen LogP contribution in [0.15, 0.2) is 30.4 Å². The fraction of sp³-hybridized carbons (Fsp3) is 0.429. The van der Waals surface area contributed by atoms with Gasteiger partial charge in [-0.2, -0.15) is 0 Å². The third-order valence-electron chi connectivity index (χ3n) is 2.31. The molecule has 17 heavy (non-hydrogen) atoms. The van der Waals surface area contributed by atoms with Gasteiger partial charge in [-0.15, -0.1) is 0 Å². The summed E-state index contributed by atoms with van der Waals surface area (Å²) in [5.74, 6) is -1.04. The molecule has 0 aliphatic carbocycles. The van der Waals surface area contributed by atoms with Crippen molar-refractivity contribution in [3.05, 3.63) is 47.5 Å². The molecule has 1 aromatic carbocycles. The van der Waals surface area contributed by atoms with Crippen LogP contribution in [0.1, 0.15) is 25.8 Å². The molecular formula is C14H19F2N. The van der Waals surface area contributed by atoms with Gasteiger partial charge in [0.2, 0.25) is 0 Å². The van der Waals surface area contributed by atoms with Crippen molar-refractivity contribution in [1.29, 1.82) is 0 Å². The fourth-order valence-electron chi connectivity index (χ4n) is 1.52. The lowest BCUT2D eigenvalue weighted by molar-refractivity contribution is 0.580. The van der Waals surface area contributed by atoms with E-state index >= 15 is 0 Å². The highest BCUT2D eigenvalue weighted by molar-refractivity contribution is 5.20. The van der Waals surface area contributed by atoms with E-state index in [1.165, 1.54) is 12.1 Å². The molecule has 0 radical (unpaired) electrons. The zero-order chi connectivity index (χ0) is 12.7. The van der Waals surface area contributed by atoms with Crippen molar-refractivity contribution >= 4 is 0 Å². The summed E-state index contributed by atoms with van der Waals surface area (Å²) in [6, 6.07) is 4.10. The van der Waals surface area contributed by atoms with Gasteiger partial charge in [-0.1, -0.05) is 26.0 Å². The third kappa shape index (κ3) is 6.17. The Labute approximate surface area is 102 Å². The first kappa shape index (κ1) is 13.8. The molecule has 0 spiro atoms. The minimum Gasteiger partial charge on any atom is -0.314 e. The molecule has 1 rings (SSSR count). The van der Waals surface area contributed by atoms with E-state index in [0.717, 1.165) is 19.0 Å². The Morgan fingerprint density at radius 3 is 2.35 bits per heavy atom. The van der Waals surface area contributed by atoms with Gasteiger partial charge in [0, 0.05) is 12.1 Å². The van der Waals surface area contributed by atoms with E-state index in [2.05, 4.69) is 19.2 Å². The Morgan fingerprint density at radius 1 is 1.12 bits per heavy atom. The zero-order valence-corrected chi connectivity index (χ0v) is 10.3. The average molecular weight is 239 g/mol. The highest BCUT2D eigenvalue weighted by atomic mass is 19.1. The second-order valence-electron chi connectivity index (χ2n) is 4.35. The van der Waals surface area contributed by atoms with E-state index in [9.17, 15) is 8.78 Å². The number of rotatable bonds is 6. The van der Waals surface area contributed by atoms with Gasteiger partial charge in [-0.3, -0.25) is 0 Å². The molecule has 0 heterocycles. The van der Waals surface area contributed by atoms with E-state index < -0.39 is 11.6 Å². The van der Waals surface area contributed by atoms with Crippen LogP contribution in [-0.4, -0.2) is 12.6 Å². The normalized spacial score (nSPS) is 11.6. The molecule has 0 atom stereocenters. The minimum absolute atomic E-state index is 0.487. The number of nitrogens with one attached hydrogen (secondary N) is 1. The number of allylic oxidation sites excluding steroid dienone is 1. The summed E-state index contributed by atoms with van der Waals surface area (Å²) in [4.78, 5) is 0. The number of hydrogen-bond acceptors (Lipinski definition) is 1. The summed E-state index contributed by atoms with van der Waals surface area (Å²) < 4.78 is 25.7. The van der Waals surface area contributed by atoms with Crippen LogP contribution in [0, 0.1) is 11.6 Å². The van der Waals surface area contributed by atoms with Gasteiger partial charge >= 0.3 is 0 Å². The van der Waals surface area contributed by atoms with Crippen LogP contribution in [0.5, 0.6) is 0 Å². The minimum atomic E-state index is -0.519. The second kappa shape index (κ2) is 7.17. The number of benzene rings is 1. The van der Waals surface area contributed by atoms with Crippen LogP contribution >= 0.6 is 0 Å². The first-order valence-corrected chi connectivity index (χ1v) is 5.91.